The van der Waals surface area contributed by atoms with Crippen LogP contribution in [-0.4, -0.2) is 41.3 Å². The van der Waals surface area contributed by atoms with Crippen molar-refractivity contribution in [2.45, 2.75) is 56.9 Å². The van der Waals surface area contributed by atoms with Crippen LogP contribution in [0.15, 0.2) is 4.52 Å². The molecule has 1 spiro atoms. The molecule has 1 atom stereocenters. The van der Waals surface area contributed by atoms with Gasteiger partial charge in [-0.25, -0.2) is 0 Å². The molecule has 3 fully saturated rings. The second-order valence-corrected chi connectivity index (χ2v) is 6.72. The highest BCUT2D eigenvalue weighted by Crippen LogP contribution is 2.44. The molecule has 2 saturated heterocycles. The number of amides is 1. The van der Waals surface area contributed by atoms with Crippen molar-refractivity contribution in [2.24, 2.45) is 0 Å². The third-order valence-electron chi connectivity index (χ3n) is 5.23. The molecule has 2 aliphatic heterocycles. The molecular weight excluding hydrogens is 268 g/mol. The lowest BCUT2D eigenvalue weighted by Crippen LogP contribution is -2.55. The second kappa shape index (κ2) is 4.83. The van der Waals surface area contributed by atoms with E-state index in [1.165, 1.54) is 6.42 Å². The third kappa shape index (κ3) is 2.09. The van der Waals surface area contributed by atoms with Crippen molar-refractivity contribution in [3.63, 3.8) is 0 Å². The van der Waals surface area contributed by atoms with Gasteiger partial charge in [0.1, 0.15) is 5.56 Å². The average molecular weight is 290 g/mol. The third-order valence-corrected chi connectivity index (χ3v) is 5.23. The van der Waals surface area contributed by atoms with Crippen molar-refractivity contribution in [1.82, 2.24) is 10.1 Å². The lowest BCUT2D eigenvalue weighted by atomic mass is 9.85. The highest BCUT2D eigenvalue weighted by atomic mass is 16.5. The summed E-state index contributed by atoms with van der Waals surface area (Å²) in [5, 5.41) is 4.06. The Balaban J connectivity index is 1.68. The van der Waals surface area contributed by atoms with E-state index in [1.54, 1.807) is 0 Å². The fourth-order valence-electron chi connectivity index (χ4n) is 3.83. The van der Waals surface area contributed by atoms with E-state index in [-0.39, 0.29) is 11.4 Å². The van der Waals surface area contributed by atoms with Gasteiger partial charge in [-0.2, -0.15) is 0 Å². The molecule has 114 valence electrons. The predicted octanol–water partition coefficient (Wildman–Crippen LogP) is 2.65. The summed E-state index contributed by atoms with van der Waals surface area (Å²) < 4.78 is 11.1. The van der Waals surface area contributed by atoms with Crippen molar-refractivity contribution in [3.05, 3.63) is 17.0 Å². The van der Waals surface area contributed by atoms with Gasteiger partial charge in [0.2, 0.25) is 0 Å². The lowest BCUT2D eigenvalue weighted by Gasteiger charge is -2.44. The normalized spacial score (nSPS) is 29.3. The summed E-state index contributed by atoms with van der Waals surface area (Å²) in [6.07, 6.45) is 6.51. The Labute approximate surface area is 124 Å². The number of piperidine rings is 1. The Kier molecular flexibility index (Phi) is 3.06. The first-order valence-corrected chi connectivity index (χ1v) is 8.07. The smallest absolute Gasteiger partial charge is 0.259 e. The molecule has 1 saturated carbocycles. The first kappa shape index (κ1) is 13.3. The molecule has 5 heteroatoms. The summed E-state index contributed by atoms with van der Waals surface area (Å²) in [6, 6.07) is 0. The monoisotopic (exact) mass is 290 g/mol. The molecule has 1 aliphatic carbocycles. The van der Waals surface area contributed by atoms with Crippen LogP contribution in [-0.2, 0) is 4.74 Å². The number of ether oxygens (including phenoxy) is 1. The van der Waals surface area contributed by atoms with E-state index in [0.29, 0.717) is 12.5 Å². The topological polar surface area (TPSA) is 55.6 Å². The van der Waals surface area contributed by atoms with E-state index in [2.05, 4.69) is 10.1 Å². The molecule has 5 nitrogen and oxygen atoms in total. The summed E-state index contributed by atoms with van der Waals surface area (Å²) >= 11 is 0. The largest absolute Gasteiger partial charge is 0.379 e. The zero-order valence-electron chi connectivity index (χ0n) is 12.6. The molecule has 0 bridgehead atoms. The molecule has 1 amide bonds. The highest BCUT2D eigenvalue weighted by Gasteiger charge is 2.46. The molecule has 0 N–H and O–H groups in total. The first-order chi connectivity index (χ1) is 10.2. The molecule has 3 heterocycles. The lowest BCUT2D eigenvalue weighted by molar-refractivity contribution is 0.0253. The summed E-state index contributed by atoms with van der Waals surface area (Å²) in [6.45, 7) is 4.16. The maximum atomic E-state index is 13.2. The van der Waals surface area contributed by atoms with Crippen molar-refractivity contribution in [1.29, 1.82) is 0 Å². The summed E-state index contributed by atoms with van der Waals surface area (Å²) in [7, 11) is 0. The zero-order chi connectivity index (χ0) is 14.4. The zero-order valence-corrected chi connectivity index (χ0v) is 12.6. The van der Waals surface area contributed by atoms with Crippen LogP contribution in [0.4, 0.5) is 0 Å². The molecule has 1 aromatic heterocycles. The number of aryl methyl sites for hydroxylation is 1. The molecule has 4 rings (SSSR count). The van der Waals surface area contributed by atoms with Gasteiger partial charge in [-0.15, -0.1) is 0 Å². The Bertz CT molecular complexity index is 556. The van der Waals surface area contributed by atoms with Crippen LogP contribution in [0.1, 0.15) is 66.3 Å². The van der Waals surface area contributed by atoms with E-state index < -0.39 is 0 Å². The van der Waals surface area contributed by atoms with Crippen LogP contribution in [0.5, 0.6) is 0 Å². The van der Waals surface area contributed by atoms with Crippen LogP contribution in [0, 0.1) is 6.92 Å². The van der Waals surface area contributed by atoms with Crippen molar-refractivity contribution in [2.75, 3.05) is 19.8 Å². The van der Waals surface area contributed by atoms with Gasteiger partial charge in [0.15, 0.2) is 5.76 Å². The van der Waals surface area contributed by atoms with E-state index in [4.69, 9.17) is 9.26 Å². The van der Waals surface area contributed by atoms with Crippen LogP contribution in [0.2, 0.25) is 0 Å². The molecule has 1 aromatic rings. The molecule has 3 aliphatic rings. The van der Waals surface area contributed by atoms with Crippen LogP contribution in [0.3, 0.4) is 0 Å². The molecule has 21 heavy (non-hydrogen) atoms. The number of likely N-dealkylation sites (tertiary alicyclic amines) is 1. The van der Waals surface area contributed by atoms with E-state index in [0.717, 1.165) is 62.3 Å². The van der Waals surface area contributed by atoms with Crippen LogP contribution in [0.25, 0.3) is 0 Å². The first-order valence-electron chi connectivity index (χ1n) is 8.07. The molecule has 0 aromatic carbocycles. The number of hydrogen-bond donors (Lipinski definition) is 0. The number of carbonyl (C=O) groups excluding carboxylic acids is 1. The fraction of sp³-hybridized carbons (Fsp3) is 0.750. The standard InChI is InChI=1S/C16H22N2O3/c1-11-13(14(21-17-11)12-4-5-12)15(19)18-8-3-2-6-16(18)7-9-20-10-16/h12H,2-10H2,1H3. The van der Waals surface area contributed by atoms with Crippen molar-refractivity contribution >= 4 is 5.91 Å². The Morgan fingerprint density at radius 3 is 2.90 bits per heavy atom. The summed E-state index contributed by atoms with van der Waals surface area (Å²) in [4.78, 5) is 15.2. The number of aromatic nitrogens is 1. The Hall–Kier alpha value is -1.36. The minimum Gasteiger partial charge on any atom is -0.379 e. The van der Waals surface area contributed by atoms with Gasteiger partial charge in [0, 0.05) is 19.1 Å². The summed E-state index contributed by atoms with van der Waals surface area (Å²) in [5.41, 5.74) is 1.38. The van der Waals surface area contributed by atoms with Crippen LogP contribution >= 0.6 is 0 Å². The molecule has 1 unspecified atom stereocenters. The Morgan fingerprint density at radius 1 is 1.33 bits per heavy atom. The van der Waals surface area contributed by atoms with E-state index in [1.807, 2.05) is 6.92 Å². The SMILES string of the molecule is Cc1noc(C2CC2)c1C(=O)N1CCCCC12CCOC2. The van der Waals surface area contributed by atoms with Crippen molar-refractivity contribution in [3.8, 4) is 0 Å². The van der Waals surface area contributed by atoms with Crippen molar-refractivity contribution < 1.29 is 14.1 Å². The maximum absolute atomic E-state index is 13.2. The van der Waals surface area contributed by atoms with Gasteiger partial charge in [-0.3, -0.25) is 4.79 Å². The van der Waals surface area contributed by atoms with Gasteiger partial charge >= 0.3 is 0 Å². The molecule has 0 radical (unpaired) electrons. The van der Waals surface area contributed by atoms with Gasteiger partial charge in [0.05, 0.1) is 17.8 Å². The summed E-state index contributed by atoms with van der Waals surface area (Å²) in [5.74, 6) is 1.34. The number of carbonyl (C=O) groups is 1. The number of rotatable bonds is 2. The minimum absolute atomic E-state index is 0.0835. The second-order valence-electron chi connectivity index (χ2n) is 6.72. The number of nitrogens with zero attached hydrogens (tertiary/aromatic N) is 2. The number of hydrogen-bond acceptors (Lipinski definition) is 4. The highest BCUT2D eigenvalue weighted by molar-refractivity contribution is 5.97. The van der Waals surface area contributed by atoms with E-state index >= 15 is 0 Å². The van der Waals surface area contributed by atoms with Gasteiger partial charge in [-0.1, -0.05) is 5.16 Å². The average Bonchev–Trinajstić information content (AvgIpc) is 3.12. The van der Waals surface area contributed by atoms with Gasteiger partial charge in [0.25, 0.3) is 5.91 Å². The Morgan fingerprint density at radius 2 is 2.19 bits per heavy atom. The van der Waals surface area contributed by atoms with E-state index in [9.17, 15) is 4.79 Å². The van der Waals surface area contributed by atoms with Gasteiger partial charge < -0.3 is 14.2 Å². The predicted molar refractivity (Wildman–Crippen MR) is 76.3 cm³/mol. The maximum Gasteiger partial charge on any atom is 0.259 e. The van der Waals surface area contributed by atoms with Crippen LogP contribution < -0.4 is 0 Å². The van der Waals surface area contributed by atoms with Gasteiger partial charge in [-0.05, 0) is 45.4 Å². The minimum atomic E-state index is -0.0835. The quantitative estimate of drug-likeness (QED) is 0.840. The fourth-order valence-corrected chi connectivity index (χ4v) is 3.83. The molecular formula is C16H22N2O3.